The first kappa shape index (κ1) is 33.0. The third-order valence-corrected chi connectivity index (χ3v) is 13.5. The molecule has 0 N–H and O–H groups in total. The zero-order valence-electron chi connectivity index (χ0n) is 27.2. The van der Waals surface area contributed by atoms with Gasteiger partial charge in [0.1, 0.15) is 20.8 Å². The summed E-state index contributed by atoms with van der Waals surface area (Å²) < 4.78 is 73.4. The van der Waals surface area contributed by atoms with Gasteiger partial charge in [0.05, 0.1) is 4.90 Å². The summed E-state index contributed by atoms with van der Waals surface area (Å²) in [6, 6.07) is 5.90. The molecule has 0 unspecified atom stereocenters. The number of rotatable bonds is 8. The van der Waals surface area contributed by atoms with Gasteiger partial charge in [-0.15, -0.1) is 0 Å². The van der Waals surface area contributed by atoms with E-state index < -0.39 is 20.2 Å². The molecule has 2 aromatic carbocycles. The van der Waals surface area contributed by atoms with Gasteiger partial charge in [0.15, 0.2) is 0 Å². The first-order valence-corrected chi connectivity index (χ1v) is 20.6. The van der Waals surface area contributed by atoms with Gasteiger partial charge in [0.2, 0.25) is 0 Å². The van der Waals surface area contributed by atoms with Crippen LogP contribution in [-0.2, 0) is 33.1 Å². The fourth-order valence-electron chi connectivity index (χ4n) is 8.89. The Balaban J connectivity index is 1.55. The standard InChI is InChI=1S/C37H52O6S2/c1-25(2)32-24-35(44(38,39)40)30-20-12-13-21-31(30)36(32)43-45(41,42)37-33(27-16-8-4-9-17-27)22-29(26-14-6-3-7-15-26)23-34(37)28-18-10-5-11-19-28/h22-28H,3-21H2,1-2H3,(H,38,39,40)/p-1. The van der Waals surface area contributed by atoms with Crippen LogP contribution in [0.4, 0.5) is 0 Å². The summed E-state index contributed by atoms with van der Waals surface area (Å²) >= 11 is 0. The summed E-state index contributed by atoms with van der Waals surface area (Å²) in [6.07, 6.45) is 19.3. The second-order valence-electron chi connectivity index (χ2n) is 14.6. The maximum atomic E-state index is 15.0. The van der Waals surface area contributed by atoms with E-state index in [1.54, 1.807) is 0 Å². The predicted octanol–water partition coefficient (Wildman–Crippen LogP) is 9.50. The van der Waals surface area contributed by atoms with Crippen molar-refractivity contribution >= 4 is 20.2 Å². The highest BCUT2D eigenvalue weighted by Gasteiger charge is 2.36. The SMILES string of the molecule is CC(C)c1cc(S(=O)(=O)[O-])c2c(c1OS(=O)(=O)c1c(C3CCCCC3)cc(C3CCCCC3)cc1C1CCCCC1)CCCC2. The minimum atomic E-state index is -4.73. The maximum absolute atomic E-state index is 15.0. The normalized spacial score (nSPS) is 21.2. The van der Waals surface area contributed by atoms with Gasteiger partial charge in [-0.05, 0) is 116 Å². The van der Waals surface area contributed by atoms with E-state index in [1.807, 2.05) is 13.8 Å². The molecule has 0 radical (unpaired) electrons. The van der Waals surface area contributed by atoms with Gasteiger partial charge in [0, 0.05) is 11.1 Å². The minimum absolute atomic E-state index is 0.185. The first-order valence-electron chi connectivity index (χ1n) is 17.8. The van der Waals surface area contributed by atoms with Crippen LogP contribution in [0.2, 0.25) is 0 Å². The van der Waals surface area contributed by atoms with Crippen LogP contribution in [0, 0.1) is 0 Å². The fraction of sp³-hybridized carbons (Fsp3) is 0.676. The molecule has 8 heteroatoms. The summed E-state index contributed by atoms with van der Waals surface area (Å²) in [7, 11) is -9.01. The second-order valence-corrected chi connectivity index (χ2v) is 17.5. The molecule has 4 aliphatic carbocycles. The van der Waals surface area contributed by atoms with Gasteiger partial charge in [-0.25, -0.2) is 8.42 Å². The Labute approximate surface area is 271 Å². The second kappa shape index (κ2) is 13.7. The van der Waals surface area contributed by atoms with E-state index in [0.717, 1.165) is 88.2 Å². The van der Waals surface area contributed by atoms with Crippen molar-refractivity contribution in [2.24, 2.45) is 0 Å². The molecule has 4 aliphatic rings. The van der Waals surface area contributed by atoms with Crippen LogP contribution in [0.5, 0.6) is 5.75 Å². The average Bonchev–Trinajstić information content (AvgIpc) is 3.04. The Morgan fingerprint density at radius 2 is 1.11 bits per heavy atom. The summed E-state index contributed by atoms with van der Waals surface area (Å²) in [5.74, 6) is 0.871. The topological polar surface area (TPSA) is 101 Å². The highest BCUT2D eigenvalue weighted by atomic mass is 32.2. The number of hydrogen-bond donors (Lipinski definition) is 0. The zero-order chi connectivity index (χ0) is 31.8. The Morgan fingerprint density at radius 3 is 1.58 bits per heavy atom. The molecule has 3 fully saturated rings. The van der Waals surface area contributed by atoms with Gasteiger partial charge in [-0.2, -0.15) is 8.42 Å². The molecule has 0 aliphatic heterocycles. The molecule has 6 rings (SSSR count). The van der Waals surface area contributed by atoms with Gasteiger partial charge >= 0.3 is 10.1 Å². The number of hydrogen-bond acceptors (Lipinski definition) is 6. The molecule has 3 saturated carbocycles. The molecular formula is C37H51O6S2-. The van der Waals surface area contributed by atoms with Crippen molar-refractivity contribution in [2.75, 3.05) is 0 Å². The van der Waals surface area contributed by atoms with Gasteiger partial charge in [-0.3, -0.25) is 0 Å². The van der Waals surface area contributed by atoms with Gasteiger partial charge < -0.3 is 8.74 Å². The van der Waals surface area contributed by atoms with Crippen molar-refractivity contribution in [3.63, 3.8) is 0 Å². The van der Waals surface area contributed by atoms with Gasteiger partial charge in [0.25, 0.3) is 0 Å². The number of fused-ring (bicyclic) bond motifs is 1. The van der Waals surface area contributed by atoms with Crippen LogP contribution >= 0.6 is 0 Å². The lowest BCUT2D eigenvalue weighted by Crippen LogP contribution is -2.23. The fourth-order valence-corrected chi connectivity index (χ4v) is 11.2. The van der Waals surface area contributed by atoms with E-state index in [1.165, 1.54) is 43.7 Å². The maximum Gasteiger partial charge on any atom is 0.339 e. The zero-order valence-corrected chi connectivity index (χ0v) is 28.9. The van der Waals surface area contributed by atoms with Crippen molar-refractivity contribution in [1.29, 1.82) is 0 Å². The van der Waals surface area contributed by atoms with E-state index >= 15 is 0 Å². The van der Waals surface area contributed by atoms with E-state index in [2.05, 4.69) is 12.1 Å². The Kier molecular flexibility index (Phi) is 10.0. The number of benzene rings is 2. The molecule has 0 saturated heterocycles. The smallest absolute Gasteiger partial charge is 0.339 e. The molecule has 0 bridgehead atoms. The van der Waals surface area contributed by atoms with Crippen LogP contribution in [0.25, 0.3) is 0 Å². The van der Waals surface area contributed by atoms with Crippen LogP contribution in [0.15, 0.2) is 28.0 Å². The Hall–Kier alpha value is -1.90. The van der Waals surface area contributed by atoms with E-state index in [9.17, 15) is 21.4 Å². The first-order chi connectivity index (χ1) is 21.5. The minimum Gasteiger partial charge on any atom is -0.744 e. The third kappa shape index (κ3) is 7.03. The summed E-state index contributed by atoms with van der Waals surface area (Å²) in [5, 5.41) is 0. The van der Waals surface area contributed by atoms with Crippen molar-refractivity contribution in [2.45, 2.75) is 169 Å². The highest BCUT2D eigenvalue weighted by molar-refractivity contribution is 7.87. The molecule has 2 aromatic rings. The van der Waals surface area contributed by atoms with Crippen molar-refractivity contribution in [3.05, 3.63) is 51.6 Å². The summed E-state index contributed by atoms with van der Waals surface area (Å²) in [4.78, 5) is 0.175. The lowest BCUT2D eigenvalue weighted by molar-refractivity contribution is 0.413. The summed E-state index contributed by atoms with van der Waals surface area (Å²) in [5.41, 5.74) is 4.74. The lowest BCUT2D eigenvalue weighted by Gasteiger charge is -2.32. The molecule has 248 valence electrons. The lowest BCUT2D eigenvalue weighted by atomic mass is 9.76. The van der Waals surface area contributed by atoms with Crippen LogP contribution in [0.1, 0.15) is 180 Å². The molecule has 0 aromatic heterocycles. The molecule has 0 amide bonds. The largest absolute Gasteiger partial charge is 0.744 e. The predicted molar refractivity (Wildman–Crippen MR) is 177 cm³/mol. The van der Waals surface area contributed by atoms with E-state index in [-0.39, 0.29) is 28.4 Å². The quantitative estimate of drug-likeness (QED) is 0.207. The Bertz CT molecular complexity index is 1550. The third-order valence-electron chi connectivity index (χ3n) is 11.3. The van der Waals surface area contributed by atoms with Crippen LogP contribution in [0.3, 0.4) is 0 Å². The highest BCUT2D eigenvalue weighted by Crippen LogP contribution is 2.48. The average molecular weight is 656 g/mol. The van der Waals surface area contributed by atoms with Crippen LogP contribution < -0.4 is 4.18 Å². The molecule has 0 spiro atoms. The monoisotopic (exact) mass is 655 g/mol. The van der Waals surface area contributed by atoms with Crippen LogP contribution in [-0.4, -0.2) is 21.4 Å². The summed E-state index contributed by atoms with van der Waals surface area (Å²) in [6.45, 7) is 3.79. The van der Waals surface area contributed by atoms with Crippen molar-refractivity contribution in [1.82, 2.24) is 0 Å². The molecule has 0 atom stereocenters. The van der Waals surface area contributed by atoms with Gasteiger partial charge in [-0.1, -0.05) is 83.8 Å². The molecular weight excluding hydrogens is 605 g/mol. The van der Waals surface area contributed by atoms with Crippen molar-refractivity contribution < 1.29 is 25.6 Å². The van der Waals surface area contributed by atoms with Crippen molar-refractivity contribution in [3.8, 4) is 5.75 Å². The van der Waals surface area contributed by atoms with E-state index in [4.69, 9.17) is 4.18 Å². The molecule has 0 heterocycles. The van der Waals surface area contributed by atoms with E-state index in [0.29, 0.717) is 40.3 Å². The Morgan fingerprint density at radius 1 is 0.644 bits per heavy atom. The molecule has 45 heavy (non-hydrogen) atoms. The molecule has 6 nitrogen and oxygen atoms in total.